The monoisotopic (exact) mass is 491 g/mol. The average Bonchev–Trinajstić information content (AvgIpc) is 3.39. The number of rotatable bonds is 9. The van der Waals surface area contributed by atoms with E-state index in [4.69, 9.17) is 10.5 Å². The number of aromatic amines is 1. The van der Waals surface area contributed by atoms with Crippen LogP contribution in [0, 0.1) is 0 Å². The molecule has 4 aromatic rings. The van der Waals surface area contributed by atoms with Gasteiger partial charge in [0.25, 0.3) is 11.5 Å². The fraction of sp³-hybridized carbons (Fsp3) is 0.200. The summed E-state index contributed by atoms with van der Waals surface area (Å²) >= 11 is 1.47. The summed E-state index contributed by atoms with van der Waals surface area (Å²) in [7, 11) is 0. The van der Waals surface area contributed by atoms with Gasteiger partial charge in [-0.1, -0.05) is 43.3 Å². The number of nitrogens with two attached hydrogens (primary N) is 1. The molecule has 4 rings (SSSR count). The van der Waals surface area contributed by atoms with Crippen molar-refractivity contribution in [3.05, 3.63) is 103 Å². The third kappa shape index (κ3) is 5.49. The number of H-pyrrole nitrogens is 1. The number of carbonyl (C=O) groups excluding carboxylic acids is 1. The molecule has 1 amide bonds. The van der Waals surface area contributed by atoms with Crippen molar-refractivity contribution in [2.75, 3.05) is 17.2 Å². The lowest BCUT2D eigenvalue weighted by molar-refractivity contribution is 0.0986. The van der Waals surface area contributed by atoms with Gasteiger partial charge in [-0.15, -0.1) is 11.3 Å². The van der Waals surface area contributed by atoms with Gasteiger partial charge in [0.2, 0.25) is 0 Å². The number of nitrogens with one attached hydrogen (secondary N) is 1. The maximum atomic E-state index is 13.5. The Labute approximate surface area is 205 Å². The van der Waals surface area contributed by atoms with Crippen molar-refractivity contribution in [2.24, 2.45) is 0 Å². The maximum absolute atomic E-state index is 13.5. The molecule has 2 aromatic carbocycles. The normalized spacial score (nSPS) is 10.8. The van der Waals surface area contributed by atoms with Crippen molar-refractivity contribution in [1.82, 2.24) is 14.5 Å². The summed E-state index contributed by atoms with van der Waals surface area (Å²) in [5, 5.41) is 1.89. The van der Waals surface area contributed by atoms with Crippen LogP contribution in [0.2, 0.25) is 0 Å². The second-order valence-corrected chi connectivity index (χ2v) is 8.54. The Morgan fingerprint density at radius 2 is 1.97 bits per heavy atom. The Bertz CT molecular complexity index is 1410. The Balaban J connectivity index is 1.67. The fourth-order valence-electron chi connectivity index (χ4n) is 3.64. The Kier molecular flexibility index (Phi) is 7.41. The van der Waals surface area contributed by atoms with Gasteiger partial charge in [-0.05, 0) is 30.2 Å². The fourth-order valence-corrected chi connectivity index (χ4v) is 4.18. The predicted octanol–water partition coefficient (Wildman–Crippen LogP) is 3.26. The summed E-state index contributed by atoms with van der Waals surface area (Å²) in [6, 6.07) is 16.0. The molecule has 3 N–H and O–H groups in total. The van der Waals surface area contributed by atoms with Gasteiger partial charge in [0, 0.05) is 17.5 Å². The summed E-state index contributed by atoms with van der Waals surface area (Å²) in [6.45, 7) is 2.55. The van der Waals surface area contributed by atoms with E-state index < -0.39 is 17.2 Å². The van der Waals surface area contributed by atoms with Gasteiger partial charge < -0.3 is 15.4 Å². The van der Waals surface area contributed by atoms with Crippen LogP contribution in [0.5, 0.6) is 5.75 Å². The highest BCUT2D eigenvalue weighted by Gasteiger charge is 2.25. The number of nitrogen functional groups attached to an aromatic ring is 1. The molecule has 0 atom stereocenters. The number of hydrogen-bond acceptors (Lipinski definition) is 7. The third-order valence-electron chi connectivity index (χ3n) is 5.31. The van der Waals surface area contributed by atoms with Crippen LogP contribution in [0.15, 0.2) is 75.1 Å². The highest BCUT2D eigenvalue weighted by molar-refractivity contribution is 7.07. The minimum absolute atomic E-state index is 0.0545. The summed E-state index contributed by atoms with van der Waals surface area (Å²) in [6.07, 6.45) is 0.572. The van der Waals surface area contributed by atoms with Gasteiger partial charge in [0.1, 0.15) is 18.2 Å². The number of ether oxygens (including phenoxy) is 1. The summed E-state index contributed by atoms with van der Waals surface area (Å²) in [4.78, 5) is 46.7. The first-order valence-electron chi connectivity index (χ1n) is 11.1. The highest BCUT2D eigenvalue weighted by atomic mass is 32.1. The summed E-state index contributed by atoms with van der Waals surface area (Å²) < 4.78 is 7.03. The van der Waals surface area contributed by atoms with Crippen molar-refractivity contribution in [3.8, 4) is 5.75 Å². The van der Waals surface area contributed by atoms with Gasteiger partial charge in [-0.2, -0.15) is 0 Å². The van der Waals surface area contributed by atoms with Crippen molar-refractivity contribution < 1.29 is 9.53 Å². The highest BCUT2D eigenvalue weighted by Crippen LogP contribution is 2.23. The van der Waals surface area contributed by atoms with E-state index in [1.807, 2.05) is 42.6 Å². The molecule has 10 heteroatoms. The summed E-state index contributed by atoms with van der Waals surface area (Å²) in [5.41, 5.74) is 8.60. The van der Waals surface area contributed by atoms with Gasteiger partial charge in [0.15, 0.2) is 5.69 Å². The molecule has 0 aliphatic carbocycles. The van der Waals surface area contributed by atoms with Gasteiger partial charge >= 0.3 is 5.69 Å². The number of hydrogen-bond donors (Lipinski definition) is 2. The van der Waals surface area contributed by atoms with E-state index >= 15 is 0 Å². The third-order valence-corrected chi connectivity index (χ3v) is 5.95. The predicted molar refractivity (Wildman–Crippen MR) is 136 cm³/mol. The number of thiazole rings is 1. The van der Waals surface area contributed by atoms with Gasteiger partial charge in [-0.25, -0.2) is 9.78 Å². The van der Waals surface area contributed by atoms with E-state index in [0.29, 0.717) is 17.7 Å². The van der Waals surface area contributed by atoms with E-state index in [9.17, 15) is 14.4 Å². The van der Waals surface area contributed by atoms with E-state index in [0.717, 1.165) is 11.3 Å². The second kappa shape index (κ2) is 10.8. The van der Waals surface area contributed by atoms with Crippen LogP contribution in [0.3, 0.4) is 0 Å². The van der Waals surface area contributed by atoms with Crippen molar-refractivity contribution in [2.45, 2.75) is 26.5 Å². The van der Waals surface area contributed by atoms with Crippen LogP contribution in [0.4, 0.5) is 11.5 Å². The van der Waals surface area contributed by atoms with Gasteiger partial charge in [-0.3, -0.25) is 19.1 Å². The van der Waals surface area contributed by atoms with Crippen molar-refractivity contribution in [1.29, 1.82) is 0 Å². The largest absolute Gasteiger partial charge is 0.487 e. The topological polar surface area (TPSA) is 123 Å². The van der Waals surface area contributed by atoms with Crippen LogP contribution in [-0.4, -0.2) is 27.0 Å². The standard InChI is InChI=1S/C25H25N5O4S/c1-2-11-29(24(32)18-9-6-10-20(12-18)34-14-19-15-35-16-27-19)21-22(26)30(25(33)28-23(21)31)13-17-7-4-3-5-8-17/h3-10,12,15-16H,2,11,13-14,26H2,1H3,(H,28,31,33). The van der Waals surface area contributed by atoms with Gasteiger partial charge in [0.05, 0.1) is 17.7 Å². The molecular formula is C25H25N5O4S. The molecule has 0 saturated heterocycles. The maximum Gasteiger partial charge on any atom is 0.330 e. The molecular weight excluding hydrogens is 466 g/mol. The molecule has 0 aliphatic heterocycles. The average molecular weight is 492 g/mol. The minimum atomic E-state index is -0.713. The van der Waals surface area contributed by atoms with E-state index in [1.165, 1.54) is 20.8 Å². The molecule has 2 aromatic heterocycles. The van der Waals surface area contributed by atoms with Crippen molar-refractivity contribution >= 4 is 28.7 Å². The smallest absolute Gasteiger partial charge is 0.330 e. The number of amides is 1. The number of benzene rings is 2. The SMILES string of the molecule is CCCN(C(=O)c1cccc(OCc2cscn2)c1)c1c(N)n(Cc2ccccc2)c(=O)[nH]c1=O. The first-order valence-corrected chi connectivity index (χ1v) is 12.0. The first-order chi connectivity index (χ1) is 17.0. The first kappa shape index (κ1) is 24.0. The Morgan fingerprint density at radius 1 is 1.17 bits per heavy atom. The lowest BCUT2D eigenvalue weighted by Gasteiger charge is -2.24. The quantitative estimate of drug-likeness (QED) is 0.370. The number of carbonyl (C=O) groups is 1. The van der Waals surface area contributed by atoms with Crippen LogP contribution >= 0.6 is 11.3 Å². The van der Waals surface area contributed by atoms with E-state index in [1.54, 1.807) is 29.8 Å². The number of aromatic nitrogens is 3. The zero-order valence-electron chi connectivity index (χ0n) is 19.1. The molecule has 0 spiro atoms. The molecule has 0 fully saturated rings. The molecule has 0 unspecified atom stereocenters. The zero-order chi connectivity index (χ0) is 24.8. The van der Waals surface area contributed by atoms with E-state index in [-0.39, 0.29) is 31.2 Å². The van der Waals surface area contributed by atoms with Crippen LogP contribution in [0.25, 0.3) is 0 Å². The molecule has 9 nitrogen and oxygen atoms in total. The molecule has 0 aliphatic rings. The van der Waals surface area contributed by atoms with Crippen LogP contribution in [-0.2, 0) is 13.2 Å². The Hall–Kier alpha value is -4.18. The Morgan fingerprint density at radius 3 is 2.69 bits per heavy atom. The molecule has 35 heavy (non-hydrogen) atoms. The second-order valence-electron chi connectivity index (χ2n) is 7.82. The molecule has 0 saturated carbocycles. The summed E-state index contributed by atoms with van der Waals surface area (Å²) in [5.74, 6) is 0.00429. The van der Waals surface area contributed by atoms with Crippen molar-refractivity contribution in [3.63, 3.8) is 0 Å². The lowest BCUT2D eigenvalue weighted by atomic mass is 10.1. The molecule has 180 valence electrons. The molecule has 0 bridgehead atoms. The molecule has 2 heterocycles. The number of anilines is 2. The minimum Gasteiger partial charge on any atom is -0.487 e. The van der Waals surface area contributed by atoms with Crippen LogP contribution in [0.1, 0.15) is 35.0 Å². The zero-order valence-corrected chi connectivity index (χ0v) is 20.0. The van der Waals surface area contributed by atoms with E-state index in [2.05, 4.69) is 9.97 Å². The molecule has 0 radical (unpaired) electrons. The van der Waals surface area contributed by atoms with Crippen LogP contribution < -0.4 is 26.6 Å². The lowest BCUT2D eigenvalue weighted by Crippen LogP contribution is -2.41. The number of nitrogens with zero attached hydrogens (tertiary/aromatic N) is 3.